The Balaban J connectivity index is 1.59. The van der Waals surface area contributed by atoms with Crippen LogP contribution in [0.15, 0.2) is 54.9 Å². The van der Waals surface area contributed by atoms with Crippen molar-refractivity contribution in [1.82, 2.24) is 14.4 Å². The van der Waals surface area contributed by atoms with Crippen molar-refractivity contribution >= 4 is 43.5 Å². The Kier molecular flexibility index (Phi) is 5.47. The summed E-state index contributed by atoms with van der Waals surface area (Å²) in [6.45, 7) is 1.75. The molecule has 5 rings (SSSR count). The molecule has 0 saturated heterocycles. The molecule has 2 atom stereocenters. The average molecular weight is 501 g/mol. The van der Waals surface area contributed by atoms with Crippen molar-refractivity contribution in [3.05, 3.63) is 71.6 Å². The lowest BCUT2D eigenvalue weighted by Gasteiger charge is -2.20. The van der Waals surface area contributed by atoms with E-state index in [9.17, 15) is 17.4 Å². The van der Waals surface area contributed by atoms with Gasteiger partial charge in [-0.15, -0.1) is 0 Å². The van der Waals surface area contributed by atoms with Crippen LogP contribution >= 0.6 is 0 Å². The van der Waals surface area contributed by atoms with Crippen LogP contribution in [0.1, 0.15) is 36.1 Å². The lowest BCUT2D eigenvalue weighted by Crippen LogP contribution is -2.14. The highest BCUT2D eigenvalue weighted by Gasteiger charge is 2.31. The molecule has 1 unspecified atom stereocenters. The SMILES string of the molecule is C[C@@H](Nc1nc2nccn2c2ccc(C3=CCS(=N)(=O)CC3)cc12)c1cc(N)cc(C(F)(F)F)c1. The number of anilines is 2. The number of nitrogens with one attached hydrogen (secondary N) is 2. The lowest BCUT2D eigenvalue weighted by atomic mass is 10.0. The summed E-state index contributed by atoms with van der Waals surface area (Å²) in [5.74, 6) is 1.46. The molecule has 1 aliphatic heterocycles. The number of nitrogens with zero attached hydrogens (tertiary/aromatic N) is 3. The van der Waals surface area contributed by atoms with Crippen LogP contribution in [0.4, 0.5) is 24.7 Å². The zero-order valence-electron chi connectivity index (χ0n) is 18.8. The third-order valence-corrected chi connectivity index (χ3v) is 7.74. The van der Waals surface area contributed by atoms with Gasteiger partial charge in [-0.25, -0.2) is 9.19 Å². The fourth-order valence-corrected chi connectivity index (χ4v) is 5.50. The number of halogens is 3. The Morgan fingerprint density at radius 3 is 2.74 bits per heavy atom. The van der Waals surface area contributed by atoms with Crippen LogP contribution in [0.5, 0.6) is 0 Å². The molecule has 0 spiro atoms. The number of fused-ring (bicyclic) bond motifs is 3. The number of nitrogens with two attached hydrogens (primary N) is 1. The fraction of sp³-hybridized carbons (Fsp3) is 0.250. The van der Waals surface area contributed by atoms with E-state index in [0.29, 0.717) is 29.3 Å². The molecule has 0 bridgehead atoms. The molecule has 4 aromatic rings. The van der Waals surface area contributed by atoms with E-state index in [4.69, 9.17) is 10.5 Å². The van der Waals surface area contributed by atoms with Crippen LogP contribution in [-0.4, -0.2) is 30.1 Å². The number of imidazole rings is 1. The maximum atomic E-state index is 13.3. The van der Waals surface area contributed by atoms with Gasteiger partial charge in [0.2, 0.25) is 5.78 Å². The maximum Gasteiger partial charge on any atom is 0.416 e. The van der Waals surface area contributed by atoms with Gasteiger partial charge in [-0.1, -0.05) is 12.1 Å². The van der Waals surface area contributed by atoms with Crippen LogP contribution in [0.3, 0.4) is 0 Å². The van der Waals surface area contributed by atoms with E-state index in [0.717, 1.165) is 34.2 Å². The average Bonchev–Trinajstić information content (AvgIpc) is 3.26. The van der Waals surface area contributed by atoms with E-state index >= 15 is 0 Å². The second-order valence-electron chi connectivity index (χ2n) is 8.70. The molecule has 4 N–H and O–H groups in total. The van der Waals surface area contributed by atoms with Gasteiger partial charge in [0.15, 0.2) is 0 Å². The quantitative estimate of drug-likeness (QED) is 0.321. The van der Waals surface area contributed by atoms with Crippen LogP contribution < -0.4 is 11.1 Å². The van der Waals surface area contributed by atoms with Crippen molar-refractivity contribution in [2.24, 2.45) is 0 Å². The number of aromatic nitrogens is 3. The Morgan fingerprint density at radius 2 is 2.03 bits per heavy atom. The molecule has 0 saturated carbocycles. The minimum Gasteiger partial charge on any atom is -0.399 e. The molecule has 1 aliphatic rings. The number of rotatable bonds is 4. The largest absolute Gasteiger partial charge is 0.416 e. The number of hydrogen-bond acceptors (Lipinski definition) is 6. The minimum absolute atomic E-state index is 0.0301. The van der Waals surface area contributed by atoms with Gasteiger partial charge in [0.25, 0.3) is 0 Å². The summed E-state index contributed by atoms with van der Waals surface area (Å²) in [6.07, 6.45) is 1.31. The van der Waals surface area contributed by atoms with Crippen molar-refractivity contribution < 1.29 is 17.4 Å². The van der Waals surface area contributed by atoms with Gasteiger partial charge in [0.1, 0.15) is 5.82 Å². The molecule has 7 nitrogen and oxygen atoms in total. The molecule has 35 heavy (non-hydrogen) atoms. The van der Waals surface area contributed by atoms with Gasteiger partial charge in [-0.05, 0) is 60.4 Å². The van der Waals surface area contributed by atoms with E-state index in [1.807, 2.05) is 28.7 Å². The van der Waals surface area contributed by atoms with E-state index in [1.165, 1.54) is 6.07 Å². The molecule has 3 heterocycles. The van der Waals surface area contributed by atoms with E-state index < -0.39 is 27.5 Å². The number of allylic oxidation sites excluding steroid dienone is 1. The highest BCUT2D eigenvalue weighted by Crippen LogP contribution is 2.35. The molecular formula is C24H23F3N6OS. The van der Waals surface area contributed by atoms with Gasteiger partial charge < -0.3 is 11.1 Å². The summed E-state index contributed by atoms with van der Waals surface area (Å²) in [7, 11) is -2.56. The fourth-order valence-electron chi connectivity index (χ4n) is 4.31. The standard InChI is InChI=1S/C24H23F3N6OS/c1-14(17-10-18(24(25,26)27)13-19(28)11-17)31-22-20-12-16(15-4-8-35(29,34)9-5-15)2-3-21(20)33-7-6-30-23(33)32-22/h2-4,6-7,10-14,29H,5,8-9,28H2,1H3,(H,30,31,32)/t14-,35?/m1/s1. The number of hydrogen-bond donors (Lipinski definition) is 3. The molecular weight excluding hydrogens is 477 g/mol. The summed E-state index contributed by atoms with van der Waals surface area (Å²) in [6, 6.07) is 8.84. The predicted octanol–water partition coefficient (Wildman–Crippen LogP) is 5.49. The molecule has 0 aliphatic carbocycles. The zero-order valence-corrected chi connectivity index (χ0v) is 19.6. The first-order valence-corrected chi connectivity index (χ1v) is 12.8. The first-order valence-electron chi connectivity index (χ1n) is 10.9. The predicted molar refractivity (Wildman–Crippen MR) is 132 cm³/mol. The highest BCUT2D eigenvalue weighted by atomic mass is 32.2. The van der Waals surface area contributed by atoms with Crippen LogP contribution in [0, 0.1) is 4.78 Å². The van der Waals surface area contributed by atoms with Crippen molar-refractivity contribution in [2.45, 2.75) is 25.6 Å². The second-order valence-corrected chi connectivity index (χ2v) is 11.1. The van der Waals surface area contributed by atoms with Gasteiger partial charge in [-0.3, -0.25) is 9.18 Å². The van der Waals surface area contributed by atoms with Crippen molar-refractivity contribution in [1.29, 1.82) is 4.78 Å². The van der Waals surface area contributed by atoms with Crippen LogP contribution in [0.25, 0.3) is 22.3 Å². The summed E-state index contributed by atoms with van der Waals surface area (Å²) in [5, 5.41) is 4.01. The molecule has 2 aromatic heterocycles. The third kappa shape index (κ3) is 4.55. The van der Waals surface area contributed by atoms with Gasteiger partial charge in [-0.2, -0.15) is 18.2 Å². The lowest BCUT2D eigenvalue weighted by molar-refractivity contribution is -0.137. The molecule has 2 aromatic carbocycles. The van der Waals surface area contributed by atoms with E-state index in [-0.39, 0.29) is 11.4 Å². The molecule has 0 radical (unpaired) electrons. The first-order chi connectivity index (χ1) is 16.5. The number of alkyl halides is 3. The second kappa shape index (κ2) is 8.26. The first kappa shape index (κ1) is 23.2. The summed E-state index contributed by atoms with van der Waals surface area (Å²) >= 11 is 0. The number of nitrogen functional groups attached to an aromatic ring is 1. The minimum atomic E-state index is -4.51. The van der Waals surface area contributed by atoms with Crippen molar-refractivity contribution in [2.75, 3.05) is 22.6 Å². The monoisotopic (exact) mass is 500 g/mol. The molecule has 11 heteroatoms. The third-order valence-electron chi connectivity index (χ3n) is 6.17. The van der Waals surface area contributed by atoms with Gasteiger partial charge in [0, 0.05) is 38.9 Å². The van der Waals surface area contributed by atoms with E-state index in [2.05, 4.69) is 15.3 Å². The Bertz CT molecular complexity index is 1590. The Labute approximate surface area is 199 Å². The molecule has 0 fully saturated rings. The highest BCUT2D eigenvalue weighted by molar-refractivity contribution is 7.92. The summed E-state index contributed by atoms with van der Waals surface area (Å²) < 4.78 is 61.7. The van der Waals surface area contributed by atoms with E-state index in [1.54, 1.807) is 19.3 Å². The van der Waals surface area contributed by atoms with Crippen molar-refractivity contribution in [3.8, 4) is 0 Å². The van der Waals surface area contributed by atoms with Gasteiger partial charge in [0.05, 0.1) is 22.9 Å². The normalized spacial score (nSPS) is 19.6. The number of benzene rings is 2. The zero-order chi connectivity index (χ0) is 25.0. The molecule has 0 amide bonds. The Morgan fingerprint density at radius 1 is 1.23 bits per heavy atom. The van der Waals surface area contributed by atoms with Crippen LogP contribution in [-0.2, 0) is 15.9 Å². The van der Waals surface area contributed by atoms with Crippen LogP contribution in [0.2, 0.25) is 0 Å². The maximum absolute atomic E-state index is 13.3. The van der Waals surface area contributed by atoms with Crippen molar-refractivity contribution in [3.63, 3.8) is 0 Å². The van der Waals surface area contributed by atoms with Gasteiger partial charge >= 0.3 is 6.18 Å². The Hall–Kier alpha value is -3.60. The molecule has 182 valence electrons. The topological polar surface area (TPSA) is 109 Å². The summed E-state index contributed by atoms with van der Waals surface area (Å²) in [5.41, 5.74) is 8.13. The smallest absolute Gasteiger partial charge is 0.399 e. The summed E-state index contributed by atoms with van der Waals surface area (Å²) in [4.78, 5) is 8.90.